The van der Waals surface area contributed by atoms with Crippen molar-refractivity contribution in [3.63, 3.8) is 0 Å². The van der Waals surface area contributed by atoms with E-state index in [1.54, 1.807) is 0 Å². The Bertz CT molecular complexity index is 1100. The first-order chi connectivity index (χ1) is 19.4. The van der Waals surface area contributed by atoms with Crippen molar-refractivity contribution in [2.24, 2.45) is 0 Å². The van der Waals surface area contributed by atoms with Crippen molar-refractivity contribution < 1.29 is 18.6 Å². The molecular weight excluding hydrogens is 512 g/mol. The van der Waals surface area contributed by atoms with Crippen LogP contribution < -0.4 is 15.1 Å². The maximum Gasteiger partial charge on any atom is 0.261 e. The number of rotatable bonds is 15. The van der Waals surface area contributed by atoms with Gasteiger partial charge in [-0.15, -0.1) is 6.58 Å². The van der Waals surface area contributed by atoms with Crippen LogP contribution in [0.3, 0.4) is 0 Å². The molecule has 0 aliphatic carbocycles. The maximum absolute atomic E-state index is 7.53. The van der Waals surface area contributed by atoms with Gasteiger partial charge in [-0.1, -0.05) is 106 Å². The fraction of sp³-hybridized carbons (Fsp3) is 0.429. The largest absolute Gasteiger partial charge is 0.491 e. The maximum atomic E-state index is 7.53. The number of unbranched alkanes of at least 4 members (excludes halogenated alkanes) is 2. The lowest BCUT2D eigenvalue weighted by Crippen LogP contribution is -2.68. The number of benzene rings is 3. The molecule has 214 valence electrons. The summed E-state index contributed by atoms with van der Waals surface area (Å²) >= 11 is 0. The zero-order chi connectivity index (χ0) is 28.3. The average Bonchev–Trinajstić information content (AvgIpc) is 3.45. The molecule has 1 unspecified atom stereocenters. The molecule has 0 bridgehead atoms. The Kier molecular flexibility index (Phi) is 10.8. The molecule has 0 spiro atoms. The molecular formula is C35H46O4Si. The minimum Gasteiger partial charge on any atom is -0.491 e. The third-order valence-corrected chi connectivity index (χ3v) is 12.9. The summed E-state index contributed by atoms with van der Waals surface area (Å²) in [6.45, 7) is 12.6. The highest BCUT2D eigenvalue weighted by Gasteiger charge is 2.51. The minimum atomic E-state index is -2.76. The van der Waals surface area contributed by atoms with Crippen LogP contribution in [0.1, 0.15) is 59.3 Å². The Morgan fingerprint density at radius 3 is 1.90 bits per heavy atom. The normalized spacial score (nSPS) is 16.0. The summed E-state index contributed by atoms with van der Waals surface area (Å²) in [5.74, 6) is 0.298. The predicted octanol–water partition coefficient (Wildman–Crippen LogP) is 7.28. The molecule has 0 saturated carbocycles. The second-order valence-electron chi connectivity index (χ2n) is 11.7. The van der Waals surface area contributed by atoms with Gasteiger partial charge in [0.1, 0.15) is 12.4 Å². The lowest BCUT2D eigenvalue weighted by molar-refractivity contribution is -0.171. The summed E-state index contributed by atoms with van der Waals surface area (Å²) in [5, 5.41) is 2.42. The molecule has 3 aromatic carbocycles. The van der Waals surface area contributed by atoms with Crippen LogP contribution in [0.15, 0.2) is 104 Å². The molecule has 1 atom stereocenters. The zero-order valence-corrected chi connectivity index (χ0v) is 25.5. The van der Waals surface area contributed by atoms with Gasteiger partial charge in [0.2, 0.25) is 0 Å². The third-order valence-electron chi connectivity index (χ3n) is 7.82. The van der Waals surface area contributed by atoms with Crippen LogP contribution in [0.4, 0.5) is 0 Å². The predicted molar refractivity (Wildman–Crippen MR) is 167 cm³/mol. The molecule has 5 heteroatoms. The lowest BCUT2D eigenvalue weighted by atomic mass is 10.0. The monoisotopic (exact) mass is 558 g/mol. The molecule has 3 aromatic rings. The van der Waals surface area contributed by atoms with E-state index in [1.807, 2.05) is 36.4 Å². The van der Waals surface area contributed by atoms with Crippen LogP contribution >= 0.6 is 0 Å². The van der Waals surface area contributed by atoms with Crippen molar-refractivity contribution in [1.82, 2.24) is 0 Å². The molecule has 1 saturated heterocycles. The highest BCUT2D eigenvalue weighted by atomic mass is 28.4. The molecule has 1 aliphatic rings. The second kappa shape index (κ2) is 14.3. The van der Waals surface area contributed by atoms with Gasteiger partial charge in [0.05, 0.1) is 19.3 Å². The number of para-hydroxylation sites is 1. The SMILES string of the molecule is C=CCCCCC1(CCC(COc2ccccc2)O[Si](c2ccccc2)(c2ccccc2)C(C)(C)C)OCCO1. The summed E-state index contributed by atoms with van der Waals surface area (Å²) in [5.41, 5.74) is 0. The molecule has 4 nitrogen and oxygen atoms in total. The Balaban J connectivity index is 1.66. The van der Waals surface area contributed by atoms with Crippen molar-refractivity contribution in [3.8, 4) is 5.75 Å². The number of allylic oxidation sites excluding steroid dienone is 1. The topological polar surface area (TPSA) is 36.9 Å². The summed E-state index contributed by atoms with van der Waals surface area (Å²) in [4.78, 5) is 0. The summed E-state index contributed by atoms with van der Waals surface area (Å²) in [7, 11) is -2.76. The molecule has 1 aliphatic heterocycles. The molecule has 0 amide bonds. The van der Waals surface area contributed by atoms with Gasteiger partial charge in [0.25, 0.3) is 8.32 Å². The smallest absolute Gasteiger partial charge is 0.261 e. The van der Waals surface area contributed by atoms with Crippen molar-refractivity contribution in [2.45, 2.75) is 76.2 Å². The van der Waals surface area contributed by atoms with Crippen molar-refractivity contribution in [3.05, 3.63) is 104 Å². The van der Waals surface area contributed by atoms with E-state index in [4.69, 9.17) is 18.6 Å². The van der Waals surface area contributed by atoms with Gasteiger partial charge < -0.3 is 18.6 Å². The number of ether oxygens (including phenoxy) is 3. The Morgan fingerprint density at radius 1 is 0.825 bits per heavy atom. The van der Waals surface area contributed by atoms with E-state index < -0.39 is 14.1 Å². The molecule has 1 heterocycles. The van der Waals surface area contributed by atoms with Gasteiger partial charge >= 0.3 is 0 Å². The van der Waals surface area contributed by atoms with Gasteiger partial charge in [-0.05, 0) is 53.2 Å². The van der Waals surface area contributed by atoms with E-state index in [-0.39, 0.29) is 11.1 Å². The van der Waals surface area contributed by atoms with Crippen LogP contribution in [-0.4, -0.2) is 40.0 Å². The summed E-state index contributed by atoms with van der Waals surface area (Å²) < 4.78 is 26.4. The number of hydrogen-bond donors (Lipinski definition) is 0. The molecule has 0 N–H and O–H groups in total. The van der Waals surface area contributed by atoms with Crippen LogP contribution in [-0.2, 0) is 13.9 Å². The van der Waals surface area contributed by atoms with Crippen LogP contribution in [0.2, 0.25) is 5.04 Å². The van der Waals surface area contributed by atoms with E-state index in [9.17, 15) is 0 Å². The van der Waals surface area contributed by atoms with E-state index >= 15 is 0 Å². The van der Waals surface area contributed by atoms with Gasteiger partial charge in [-0.3, -0.25) is 0 Å². The van der Waals surface area contributed by atoms with Crippen molar-refractivity contribution in [2.75, 3.05) is 19.8 Å². The van der Waals surface area contributed by atoms with Gasteiger partial charge in [-0.2, -0.15) is 0 Å². The molecule has 1 fully saturated rings. The zero-order valence-electron chi connectivity index (χ0n) is 24.5. The lowest BCUT2D eigenvalue weighted by Gasteiger charge is -2.45. The van der Waals surface area contributed by atoms with Crippen LogP contribution in [0.5, 0.6) is 5.75 Å². The van der Waals surface area contributed by atoms with E-state index in [2.05, 4.69) is 88.0 Å². The third kappa shape index (κ3) is 7.52. The van der Waals surface area contributed by atoms with E-state index in [1.165, 1.54) is 10.4 Å². The standard InChI is InChI=1S/C35H46O4Si/c1-5-6-7-17-25-35(37-27-28-38-35)26-24-31(29-36-30-18-11-8-12-19-30)39-40(34(2,3)4,32-20-13-9-14-21-32)33-22-15-10-16-23-33/h5,8-16,18-23,31H,1,6-7,17,24-29H2,2-4H3. The Labute approximate surface area is 242 Å². The average molecular weight is 559 g/mol. The van der Waals surface area contributed by atoms with Crippen molar-refractivity contribution in [1.29, 1.82) is 0 Å². The Morgan fingerprint density at radius 2 is 1.38 bits per heavy atom. The van der Waals surface area contributed by atoms with E-state index in [0.717, 1.165) is 44.3 Å². The molecule has 0 aromatic heterocycles. The first-order valence-electron chi connectivity index (χ1n) is 14.7. The van der Waals surface area contributed by atoms with E-state index in [0.29, 0.717) is 19.8 Å². The fourth-order valence-electron chi connectivity index (χ4n) is 5.80. The molecule has 4 rings (SSSR count). The molecule has 40 heavy (non-hydrogen) atoms. The van der Waals surface area contributed by atoms with Gasteiger partial charge in [0, 0.05) is 12.8 Å². The van der Waals surface area contributed by atoms with Crippen LogP contribution in [0, 0.1) is 0 Å². The first-order valence-corrected chi connectivity index (χ1v) is 16.6. The second-order valence-corrected chi connectivity index (χ2v) is 16.0. The Hall–Kier alpha value is -2.70. The summed E-state index contributed by atoms with van der Waals surface area (Å²) in [6, 6.07) is 31.7. The highest BCUT2D eigenvalue weighted by Crippen LogP contribution is 2.39. The molecule has 0 radical (unpaired) electrons. The minimum absolute atomic E-state index is 0.122. The van der Waals surface area contributed by atoms with Crippen LogP contribution in [0.25, 0.3) is 0 Å². The van der Waals surface area contributed by atoms with Gasteiger partial charge in [0.15, 0.2) is 5.79 Å². The highest BCUT2D eigenvalue weighted by molar-refractivity contribution is 6.99. The summed E-state index contributed by atoms with van der Waals surface area (Å²) in [6.07, 6.45) is 7.42. The quantitative estimate of drug-likeness (QED) is 0.112. The first kappa shape index (κ1) is 30.3. The fourth-order valence-corrected chi connectivity index (χ4v) is 10.5. The van der Waals surface area contributed by atoms with Crippen molar-refractivity contribution >= 4 is 18.7 Å². The van der Waals surface area contributed by atoms with Gasteiger partial charge in [-0.25, -0.2) is 0 Å². The number of hydrogen-bond acceptors (Lipinski definition) is 4.